The minimum Gasteiger partial charge on any atom is -0.380 e. The number of nitrogens with zero attached hydrogens (tertiary/aromatic N) is 4. The van der Waals surface area contributed by atoms with Crippen LogP contribution in [0.1, 0.15) is 58.8 Å². The number of fused-ring (bicyclic) bond motifs is 6. The van der Waals surface area contributed by atoms with Crippen LogP contribution in [0.3, 0.4) is 0 Å². The molecule has 2 amide bonds. The molecule has 0 saturated heterocycles. The lowest BCUT2D eigenvalue weighted by Gasteiger charge is -2.06. The molecule has 0 N–H and O–H groups in total. The Morgan fingerprint density at radius 3 is 1.47 bits per heavy atom. The van der Waals surface area contributed by atoms with Crippen LogP contribution in [0.25, 0.3) is 42.0 Å². The average molecular weight is 697 g/mol. The molecule has 0 bridgehead atoms. The van der Waals surface area contributed by atoms with Gasteiger partial charge in [-0.15, -0.1) is 0 Å². The highest BCUT2D eigenvalue weighted by Gasteiger charge is 2.13. The van der Waals surface area contributed by atoms with E-state index in [9.17, 15) is 9.59 Å². The van der Waals surface area contributed by atoms with Crippen molar-refractivity contribution < 1.29 is 19.1 Å². The topological polar surface area (TPSA) is 87.2 Å². The number of rotatable bonds is 16. The number of carbonyl (C=O) groups excluding carboxylic acids is 2. The number of thiazole rings is 2. The molecule has 0 aliphatic rings. The SMILES string of the molecule is CCOCCn1c(=NC(=O)CCCCCCCC(=O)N=c2sc3c4ccccc4ccc3n2CCOCC)sc2c3ccccc3ccc21. The van der Waals surface area contributed by atoms with Crippen molar-refractivity contribution in [3.8, 4) is 0 Å². The van der Waals surface area contributed by atoms with Gasteiger partial charge in [0.15, 0.2) is 9.60 Å². The number of unbranched alkanes of at least 4 members (excludes halogenated alkanes) is 4. The maximum Gasteiger partial charge on any atom is 0.248 e. The van der Waals surface area contributed by atoms with Gasteiger partial charge in [0.2, 0.25) is 11.8 Å². The second kappa shape index (κ2) is 17.1. The van der Waals surface area contributed by atoms with Crippen LogP contribution in [0, 0.1) is 0 Å². The van der Waals surface area contributed by atoms with Crippen LogP contribution in [0.15, 0.2) is 82.8 Å². The third-order valence-electron chi connectivity index (χ3n) is 8.70. The standard InChI is InChI=1S/C39H44N4O4S2/c1-3-46-26-24-42-32-22-20-28-14-10-12-16-30(28)36(32)48-38(42)40-34(44)18-8-6-5-7-9-19-35(45)41-39-43(25-27-47-4-2)33-23-21-29-15-11-13-17-31(29)37(33)49-39/h10-17,20-23H,3-9,18-19,24-27H2,1-2H3. The number of aromatic nitrogens is 2. The predicted molar refractivity (Wildman–Crippen MR) is 201 cm³/mol. The molecule has 10 heteroatoms. The molecule has 0 aliphatic carbocycles. The third kappa shape index (κ3) is 8.44. The molecular weight excluding hydrogens is 653 g/mol. The van der Waals surface area contributed by atoms with Crippen molar-refractivity contribution in [1.29, 1.82) is 0 Å². The molecule has 256 valence electrons. The second-order valence-electron chi connectivity index (χ2n) is 12.0. The summed E-state index contributed by atoms with van der Waals surface area (Å²) in [5, 5.41) is 4.70. The molecule has 0 saturated carbocycles. The lowest BCUT2D eigenvalue weighted by Crippen LogP contribution is -2.19. The van der Waals surface area contributed by atoms with Crippen LogP contribution >= 0.6 is 22.7 Å². The molecule has 0 fully saturated rings. The Balaban J connectivity index is 1.03. The summed E-state index contributed by atoms with van der Waals surface area (Å²) in [5.41, 5.74) is 2.16. The zero-order chi connectivity index (χ0) is 34.0. The summed E-state index contributed by atoms with van der Waals surface area (Å²) in [6, 6.07) is 25.1. The summed E-state index contributed by atoms with van der Waals surface area (Å²) in [6.07, 6.45) is 5.21. The minimum atomic E-state index is -0.0937. The summed E-state index contributed by atoms with van der Waals surface area (Å²) in [4.78, 5) is 36.5. The average Bonchev–Trinajstić information content (AvgIpc) is 3.65. The van der Waals surface area contributed by atoms with Crippen molar-refractivity contribution in [2.24, 2.45) is 9.98 Å². The Kier molecular flexibility index (Phi) is 12.2. The molecule has 0 atom stereocenters. The van der Waals surface area contributed by atoms with E-state index in [1.807, 2.05) is 38.1 Å². The highest BCUT2D eigenvalue weighted by molar-refractivity contribution is 7.17. The van der Waals surface area contributed by atoms with Crippen molar-refractivity contribution in [1.82, 2.24) is 9.13 Å². The highest BCUT2D eigenvalue weighted by atomic mass is 32.1. The van der Waals surface area contributed by atoms with Crippen LogP contribution in [0.5, 0.6) is 0 Å². The smallest absolute Gasteiger partial charge is 0.248 e. The van der Waals surface area contributed by atoms with Gasteiger partial charge >= 0.3 is 0 Å². The van der Waals surface area contributed by atoms with Gasteiger partial charge in [0.1, 0.15) is 0 Å². The summed E-state index contributed by atoms with van der Waals surface area (Å²) >= 11 is 3.14. The van der Waals surface area contributed by atoms with E-state index >= 15 is 0 Å². The van der Waals surface area contributed by atoms with Gasteiger partial charge in [-0.25, -0.2) is 0 Å². The molecule has 49 heavy (non-hydrogen) atoms. The Morgan fingerprint density at radius 2 is 1.02 bits per heavy atom. The molecule has 4 aromatic carbocycles. The Hall–Kier alpha value is -3.96. The van der Waals surface area contributed by atoms with E-state index in [1.54, 1.807) is 22.7 Å². The van der Waals surface area contributed by atoms with Crippen LogP contribution in [-0.2, 0) is 32.2 Å². The lowest BCUT2D eigenvalue weighted by molar-refractivity contribution is -0.118. The van der Waals surface area contributed by atoms with Crippen LogP contribution in [-0.4, -0.2) is 47.4 Å². The van der Waals surface area contributed by atoms with Crippen LogP contribution < -0.4 is 9.60 Å². The molecule has 0 unspecified atom stereocenters. The molecule has 2 aromatic heterocycles. The number of hydrogen-bond acceptors (Lipinski definition) is 6. The molecule has 0 aliphatic heterocycles. The number of amides is 2. The van der Waals surface area contributed by atoms with Gasteiger partial charge < -0.3 is 18.6 Å². The predicted octanol–water partition coefficient (Wildman–Crippen LogP) is 8.38. The first-order valence-corrected chi connectivity index (χ1v) is 19.0. The van der Waals surface area contributed by atoms with E-state index in [1.165, 1.54) is 21.5 Å². The monoisotopic (exact) mass is 696 g/mol. The second-order valence-corrected chi connectivity index (χ2v) is 14.0. The zero-order valence-electron chi connectivity index (χ0n) is 28.4. The van der Waals surface area contributed by atoms with Gasteiger partial charge in [-0.2, -0.15) is 9.98 Å². The van der Waals surface area contributed by atoms with E-state index in [-0.39, 0.29) is 11.8 Å². The largest absolute Gasteiger partial charge is 0.380 e. The van der Waals surface area contributed by atoms with Crippen molar-refractivity contribution in [3.63, 3.8) is 0 Å². The molecule has 8 nitrogen and oxygen atoms in total. The summed E-state index contributed by atoms with van der Waals surface area (Å²) in [5.74, 6) is -0.187. The molecule has 0 spiro atoms. The Morgan fingerprint density at radius 1 is 0.592 bits per heavy atom. The van der Waals surface area contributed by atoms with Gasteiger partial charge in [-0.05, 0) is 49.6 Å². The molecule has 0 radical (unpaired) electrons. The molecule has 2 heterocycles. The van der Waals surface area contributed by atoms with E-state index in [4.69, 9.17) is 9.47 Å². The van der Waals surface area contributed by atoms with Crippen molar-refractivity contribution in [3.05, 3.63) is 82.4 Å². The van der Waals surface area contributed by atoms with E-state index in [2.05, 4.69) is 67.6 Å². The summed E-state index contributed by atoms with van der Waals surface area (Å²) in [7, 11) is 0. The normalized spacial score (nSPS) is 12.7. The summed E-state index contributed by atoms with van der Waals surface area (Å²) in [6.45, 7) is 7.72. The molecule has 6 rings (SSSR count). The van der Waals surface area contributed by atoms with Crippen LogP contribution in [0.4, 0.5) is 0 Å². The van der Waals surface area contributed by atoms with E-state index < -0.39 is 0 Å². The first-order valence-electron chi connectivity index (χ1n) is 17.4. The fourth-order valence-electron chi connectivity index (χ4n) is 6.21. The first-order chi connectivity index (χ1) is 24.1. The van der Waals surface area contributed by atoms with E-state index in [0.29, 0.717) is 52.4 Å². The van der Waals surface area contributed by atoms with Gasteiger partial charge in [-0.1, -0.05) is 103 Å². The maximum atomic E-state index is 13.0. The third-order valence-corrected chi connectivity index (χ3v) is 11.0. The molecule has 6 aromatic rings. The quantitative estimate of drug-likeness (QED) is 0.0952. The number of benzene rings is 4. The number of carbonyl (C=O) groups is 2. The minimum absolute atomic E-state index is 0.0937. The van der Waals surface area contributed by atoms with Gasteiger partial charge in [0.05, 0.1) is 33.6 Å². The van der Waals surface area contributed by atoms with E-state index in [0.717, 1.165) is 62.1 Å². The Bertz CT molecular complexity index is 2050. The number of ether oxygens (including phenoxy) is 2. The maximum absolute atomic E-state index is 13.0. The fourth-order valence-corrected chi connectivity index (χ4v) is 8.63. The van der Waals surface area contributed by atoms with Crippen molar-refractivity contribution >= 4 is 76.5 Å². The van der Waals surface area contributed by atoms with Gasteiger partial charge in [-0.3, -0.25) is 9.59 Å². The van der Waals surface area contributed by atoms with Gasteiger partial charge in [0.25, 0.3) is 0 Å². The van der Waals surface area contributed by atoms with Crippen LogP contribution in [0.2, 0.25) is 0 Å². The highest BCUT2D eigenvalue weighted by Crippen LogP contribution is 2.29. The van der Waals surface area contributed by atoms with Crippen molar-refractivity contribution in [2.45, 2.75) is 71.9 Å². The van der Waals surface area contributed by atoms with Gasteiger partial charge in [0, 0.05) is 49.9 Å². The Labute approximate surface area is 294 Å². The number of hydrogen-bond donors (Lipinski definition) is 0. The summed E-state index contributed by atoms with van der Waals surface area (Å²) < 4.78 is 17.8. The lowest BCUT2D eigenvalue weighted by atomic mass is 10.1. The zero-order valence-corrected chi connectivity index (χ0v) is 30.0. The molecular formula is C39H44N4O4S2. The fraction of sp³-hybridized carbons (Fsp3) is 0.385. The van der Waals surface area contributed by atoms with Crippen molar-refractivity contribution in [2.75, 3.05) is 26.4 Å². The first kappa shape index (κ1) is 34.9.